The van der Waals surface area contributed by atoms with Crippen molar-refractivity contribution in [1.82, 2.24) is 14.5 Å². The Hall–Kier alpha value is -2.89. The summed E-state index contributed by atoms with van der Waals surface area (Å²) in [4.78, 5) is 18.9. The predicted molar refractivity (Wildman–Crippen MR) is 104 cm³/mol. The van der Waals surface area contributed by atoms with Crippen molar-refractivity contribution in [2.75, 3.05) is 18.4 Å². The van der Waals surface area contributed by atoms with Crippen LogP contribution < -0.4 is 5.32 Å². The number of amides is 2. The summed E-state index contributed by atoms with van der Waals surface area (Å²) in [7, 11) is 0. The van der Waals surface area contributed by atoms with Crippen molar-refractivity contribution in [3.05, 3.63) is 60.2 Å². The second-order valence-corrected chi connectivity index (χ2v) is 7.13. The number of urea groups is 1. The summed E-state index contributed by atoms with van der Waals surface area (Å²) in [5, 5.41) is 2.84. The van der Waals surface area contributed by atoms with Crippen LogP contribution >= 0.6 is 0 Å². The van der Waals surface area contributed by atoms with Gasteiger partial charge in [-0.05, 0) is 62.1 Å². The van der Waals surface area contributed by atoms with E-state index in [9.17, 15) is 9.18 Å². The molecule has 0 atom stereocenters. The molecular weight excluding hydrogens is 343 g/mol. The van der Waals surface area contributed by atoms with E-state index in [1.54, 1.807) is 12.1 Å². The van der Waals surface area contributed by atoms with Crippen LogP contribution in [-0.2, 0) is 6.54 Å². The van der Waals surface area contributed by atoms with Crippen LogP contribution in [0.15, 0.2) is 48.5 Å². The number of rotatable bonds is 3. The van der Waals surface area contributed by atoms with Gasteiger partial charge in [0.15, 0.2) is 0 Å². The van der Waals surface area contributed by atoms with Crippen LogP contribution in [0.3, 0.4) is 0 Å². The Kier molecular flexibility index (Phi) is 4.79. The van der Waals surface area contributed by atoms with Gasteiger partial charge in [0.25, 0.3) is 0 Å². The van der Waals surface area contributed by atoms with Crippen LogP contribution in [0.1, 0.15) is 18.7 Å². The highest BCUT2D eigenvalue weighted by molar-refractivity contribution is 5.89. The Morgan fingerprint density at radius 1 is 1.15 bits per heavy atom. The van der Waals surface area contributed by atoms with Crippen molar-refractivity contribution in [2.24, 2.45) is 5.92 Å². The van der Waals surface area contributed by atoms with Gasteiger partial charge in [-0.1, -0.05) is 12.1 Å². The number of imidazole rings is 1. The molecule has 1 aromatic heterocycles. The average Bonchev–Trinajstić information content (AvgIpc) is 2.99. The molecule has 0 aliphatic carbocycles. The molecule has 4 rings (SSSR count). The van der Waals surface area contributed by atoms with Crippen molar-refractivity contribution in [3.8, 4) is 0 Å². The number of carbonyl (C=O) groups excluding carboxylic acids is 1. The number of aromatic nitrogens is 2. The molecule has 1 saturated heterocycles. The summed E-state index contributed by atoms with van der Waals surface area (Å²) < 4.78 is 15.3. The first-order valence-corrected chi connectivity index (χ1v) is 9.33. The molecule has 0 radical (unpaired) electrons. The molecule has 1 N–H and O–H groups in total. The van der Waals surface area contributed by atoms with E-state index in [0.29, 0.717) is 11.6 Å². The van der Waals surface area contributed by atoms with E-state index in [-0.39, 0.29) is 11.8 Å². The maximum atomic E-state index is 13.0. The van der Waals surface area contributed by atoms with Gasteiger partial charge in [0, 0.05) is 25.3 Å². The highest BCUT2D eigenvalue weighted by Crippen LogP contribution is 2.24. The van der Waals surface area contributed by atoms with Crippen molar-refractivity contribution in [2.45, 2.75) is 26.3 Å². The quantitative estimate of drug-likeness (QED) is 0.746. The number of para-hydroxylation sites is 2. The lowest BCUT2D eigenvalue weighted by Gasteiger charge is -2.32. The summed E-state index contributed by atoms with van der Waals surface area (Å²) >= 11 is 0. The zero-order valence-electron chi connectivity index (χ0n) is 15.4. The Morgan fingerprint density at radius 3 is 2.59 bits per heavy atom. The van der Waals surface area contributed by atoms with Gasteiger partial charge in [-0.25, -0.2) is 14.2 Å². The maximum absolute atomic E-state index is 13.0. The van der Waals surface area contributed by atoms with Crippen LogP contribution in [-0.4, -0.2) is 33.6 Å². The van der Waals surface area contributed by atoms with E-state index < -0.39 is 0 Å². The molecule has 0 unspecified atom stereocenters. The average molecular weight is 366 g/mol. The van der Waals surface area contributed by atoms with E-state index in [0.717, 1.165) is 43.8 Å². The number of benzene rings is 2. The van der Waals surface area contributed by atoms with Gasteiger partial charge in [-0.15, -0.1) is 0 Å². The molecule has 1 aliphatic rings. The lowest BCUT2D eigenvalue weighted by molar-refractivity contribution is 0.177. The molecule has 5 nitrogen and oxygen atoms in total. The molecule has 6 heteroatoms. The van der Waals surface area contributed by atoms with Crippen LogP contribution in [0.5, 0.6) is 0 Å². The first kappa shape index (κ1) is 17.5. The molecule has 140 valence electrons. The second-order valence-electron chi connectivity index (χ2n) is 7.13. The fourth-order valence-electron chi connectivity index (χ4n) is 3.74. The van der Waals surface area contributed by atoms with E-state index in [1.807, 2.05) is 30.0 Å². The number of aryl methyl sites for hydroxylation is 1. The fraction of sp³-hybridized carbons (Fsp3) is 0.333. The zero-order valence-corrected chi connectivity index (χ0v) is 15.4. The molecule has 0 saturated carbocycles. The van der Waals surface area contributed by atoms with Crippen molar-refractivity contribution >= 4 is 22.8 Å². The van der Waals surface area contributed by atoms with Crippen molar-refractivity contribution < 1.29 is 9.18 Å². The third kappa shape index (κ3) is 3.79. The maximum Gasteiger partial charge on any atom is 0.321 e. The SMILES string of the molecule is Cc1nc2ccccc2n1CC1CCN(C(=O)Nc2ccc(F)cc2)CC1. The van der Waals surface area contributed by atoms with Gasteiger partial charge < -0.3 is 14.8 Å². The summed E-state index contributed by atoms with van der Waals surface area (Å²) in [5.74, 6) is 1.25. The smallest absolute Gasteiger partial charge is 0.321 e. The summed E-state index contributed by atoms with van der Waals surface area (Å²) in [5.41, 5.74) is 2.82. The van der Waals surface area contributed by atoms with Crippen molar-refractivity contribution in [1.29, 1.82) is 0 Å². The standard InChI is InChI=1S/C21H23FN4O/c1-15-23-19-4-2-3-5-20(19)26(15)14-16-10-12-25(13-11-16)21(27)24-18-8-6-17(22)7-9-18/h2-9,16H,10-14H2,1H3,(H,24,27). The molecule has 1 aliphatic heterocycles. The first-order valence-electron chi connectivity index (χ1n) is 9.33. The van der Waals surface area contributed by atoms with Crippen molar-refractivity contribution in [3.63, 3.8) is 0 Å². The topological polar surface area (TPSA) is 50.2 Å². The number of nitrogens with zero attached hydrogens (tertiary/aromatic N) is 3. The number of piperidine rings is 1. The van der Waals surface area contributed by atoms with Crippen LogP contribution in [0, 0.1) is 18.7 Å². The van der Waals surface area contributed by atoms with Gasteiger partial charge in [-0.3, -0.25) is 0 Å². The first-order chi connectivity index (χ1) is 13.1. The summed E-state index contributed by atoms with van der Waals surface area (Å²) in [6.45, 7) is 4.43. The minimum absolute atomic E-state index is 0.121. The summed E-state index contributed by atoms with van der Waals surface area (Å²) in [6.07, 6.45) is 1.92. The predicted octanol–water partition coefficient (Wildman–Crippen LogP) is 4.43. The van der Waals surface area contributed by atoms with Gasteiger partial charge in [0.1, 0.15) is 11.6 Å². The number of hydrogen-bond acceptors (Lipinski definition) is 2. The largest absolute Gasteiger partial charge is 0.328 e. The Morgan fingerprint density at radius 2 is 1.85 bits per heavy atom. The van der Waals surface area contributed by atoms with Gasteiger partial charge >= 0.3 is 6.03 Å². The monoisotopic (exact) mass is 366 g/mol. The van der Waals surface area contributed by atoms with Gasteiger partial charge in [0.2, 0.25) is 0 Å². The van der Waals surface area contributed by atoms with Crippen LogP contribution in [0.2, 0.25) is 0 Å². The molecule has 2 amide bonds. The minimum atomic E-state index is -0.309. The van der Waals surface area contributed by atoms with E-state index in [4.69, 9.17) is 0 Å². The third-order valence-electron chi connectivity index (χ3n) is 5.28. The van der Waals surface area contributed by atoms with E-state index >= 15 is 0 Å². The number of nitrogens with one attached hydrogen (secondary N) is 1. The number of fused-ring (bicyclic) bond motifs is 1. The number of anilines is 1. The highest BCUT2D eigenvalue weighted by atomic mass is 19.1. The van der Waals surface area contributed by atoms with Gasteiger partial charge in [0.05, 0.1) is 11.0 Å². The molecule has 1 fully saturated rings. The lowest BCUT2D eigenvalue weighted by Crippen LogP contribution is -2.41. The minimum Gasteiger partial charge on any atom is -0.328 e. The molecular formula is C21H23FN4O. The zero-order chi connectivity index (χ0) is 18.8. The molecule has 3 aromatic rings. The lowest BCUT2D eigenvalue weighted by atomic mass is 9.97. The van der Waals surface area contributed by atoms with E-state index in [2.05, 4.69) is 20.9 Å². The molecule has 27 heavy (non-hydrogen) atoms. The molecule has 0 spiro atoms. The third-order valence-corrected chi connectivity index (χ3v) is 5.28. The number of carbonyl (C=O) groups is 1. The normalized spacial score (nSPS) is 15.3. The second kappa shape index (κ2) is 7.39. The number of halogens is 1. The van der Waals surface area contributed by atoms with E-state index in [1.165, 1.54) is 17.6 Å². The molecule has 0 bridgehead atoms. The Balaban J connectivity index is 1.35. The highest BCUT2D eigenvalue weighted by Gasteiger charge is 2.24. The van der Waals surface area contributed by atoms with Crippen LogP contribution in [0.4, 0.5) is 14.9 Å². The molecule has 2 aromatic carbocycles. The summed E-state index contributed by atoms with van der Waals surface area (Å²) in [6, 6.07) is 13.9. The van der Waals surface area contributed by atoms with Crippen LogP contribution in [0.25, 0.3) is 11.0 Å². The number of hydrogen-bond donors (Lipinski definition) is 1. The Bertz CT molecular complexity index is 942. The number of likely N-dealkylation sites (tertiary alicyclic amines) is 1. The fourth-order valence-corrected chi connectivity index (χ4v) is 3.74. The molecule has 2 heterocycles. The Labute approximate surface area is 157 Å². The van der Waals surface area contributed by atoms with Gasteiger partial charge in [-0.2, -0.15) is 0 Å².